The van der Waals surface area contributed by atoms with Crippen LogP contribution in [0.2, 0.25) is 0 Å². The molecule has 0 aromatic heterocycles. The number of carbonyl (C=O) groups is 2. The van der Waals surface area contributed by atoms with Crippen molar-refractivity contribution in [2.45, 2.75) is 24.9 Å². The molecule has 0 aromatic rings. The molecule has 2 amide bonds. The molecule has 0 aliphatic carbocycles. The molecule has 0 saturated carbocycles. The van der Waals surface area contributed by atoms with E-state index >= 15 is 0 Å². The average Bonchev–Trinajstić information content (AvgIpc) is 2.44. The van der Waals surface area contributed by atoms with Crippen LogP contribution in [0.1, 0.15) is 12.8 Å². The van der Waals surface area contributed by atoms with Crippen LogP contribution in [0.3, 0.4) is 0 Å². The summed E-state index contributed by atoms with van der Waals surface area (Å²) in [4.78, 5) is 23.7. The van der Waals surface area contributed by atoms with Crippen molar-refractivity contribution in [3.8, 4) is 0 Å². The minimum absolute atomic E-state index is 0.345. The molecule has 1 N–H and O–H groups in total. The van der Waals surface area contributed by atoms with Gasteiger partial charge in [0, 0.05) is 12.8 Å². The van der Waals surface area contributed by atoms with E-state index in [1.807, 2.05) is 0 Å². The number of amides is 2. The maximum absolute atomic E-state index is 12.2. The zero-order chi connectivity index (χ0) is 11.8. The van der Waals surface area contributed by atoms with E-state index in [4.69, 9.17) is 4.74 Å². The summed E-state index contributed by atoms with van der Waals surface area (Å²) < 4.78 is 29.3. The predicted molar refractivity (Wildman–Crippen MR) is 49.0 cm³/mol. The summed E-state index contributed by atoms with van der Waals surface area (Å²) in [6.45, 7) is 0.204. The Labute approximate surface area is 90.7 Å². The second kappa shape index (κ2) is 3.97. The van der Waals surface area contributed by atoms with Crippen molar-refractivity contribution in [1.29, 1.82) is 0 Å². The Kier molecular flexibility index (Phi) is 2.79. The first-order valence-corrected chi connectivity index (χ1v) is 5.09. The van der Waals surface area contributed by atoms with E-state index in [1.54, 1.807) is 0 Å². The zero-order valence-corrected chi connectivity index (χ0v) is 8.54. The van der Waals surface area contributed by atoms with Crippen LogP contribution >= 0.6 is 0 Å². The van der Waals surface area contributed by atoms with E-state index in [0.717, 1.165) is 0 Å². The smallest absolute Gasteiger partial charge is 0.417 e. The number of imide groups is 1. The molecule has 5 nitrogen and oxygen atoms in total. The van der Waals surface area contributed by atoms with Gasteiger partial charge in [0.25, 0.3) is 12.3 Å². The van der Waals surface area contributed by atoms with Gasteiger partial charge in [0.2, 0.25) is 0 Å². The van der Waals surface area contributed by atoms with E-state index in [-0.39, 0.29) is 0 Å². The van der Waals surface area contributed by atoms with Gasteiger partial charge in [-0.3, -0.25) is 4.79 Å². The Bertz CT molecular complexity index is 316. The second-order valence-electron chi connectivity index (χ2n) is 3.92. The third-order valence-electron chi connectivity index (χ3n) is 2.87. The van der Waals surface area contributed by atoms with Gasteiger partial charge in [0.1, 0.15) is 0 Å². The maximum atomic E-state index is 12.2. The largest absolute Gasteiger partial charge is 0.432 e. The Balaban J connectivity index is 2.14. The first kappa shape index (κ1) is 11.3. The minimum Gasteiger partial charge on any atom is -0.432 e. The Morgan fingerprint density at radius 2 is 2.00 bits per heavy atom. The van der Waals surface area contributed by atoms with E-state index in [0.29, 0.717) is 30.8 Å². The first-order valence-electron chi connectivity index (χ1n) is 5.09. The Morgan fingerprint density at radius 1 is 1.38 bits per heavy atom. The van der Waals surface area contributed by atoms with E-state index in [2.05, 4.69) is 5.32 Å². The number of alkyl halides is 2. The van der Waals surface area contributed by atoms with Crippen LogP contribution in [-0.2, 0) is 9.53 Å². The number of nitrogens with zero attached hydrogens (tertiary/aromatic N) is 1. The zero-order valence-electron chi connectivity index (χ0n) is 8.54. The Hall–Kier alpha value is -1.24. The number of hydrogen-bond donors (Lipinski definition) is 1. The normalized spacial score (nSPS) is 24.3. The fourth-order valence-electron chi connectivity index (χ4n) is 2.04. The predicted octanol–water partition coefficient (Wildman–Crippen LogP) is 0.352. The highest BCUT2D eigenvalue weighted by atomic mass is 19.3. The van der Waals surface area contributed by atoms with Crippen LogP contribution in [0.25, 0.3) is 0 Å². The third-order valence-corrected chi connectivity index (χ3v) is 2.87. The molecular formula is C9H12F2N2O3. The molecule has 2 aliphatic rings. The van der Waals surface area contributed by atoms with Gasteiger partial charge in [-0.15, -0.1) is 0 Å². The lowest BCUT2D eigenvalue weighted by Crippen LogP contribution is -2.49. The van der Waals surface area contributed by atoms with Crippen molar-refractivity contribution in [1.82, 2.24) is 10.2 Å². The summed E-state index contributed by atoms with van der Waals surface area (Å²) in [5, 5.41) is 3.02. The summed E-state index contributed by atoms with van der Waals surface area (Å²) >= 11 is 0. The van der Waals surface area contributed by atoms with Crippen molar-refractivity contribution >= 4 is 12.0 Å². The van der Waals surface area contributed by atoms with Crippen LogP contribution in [0.15, 0.2) is 0 Å². The molecule has 2 saturated heterocycles. The number of halogens is 2. The van der Waals surface area contributed by atoms with Crippen molar-refractivity contribution in [3.05, 3.63) is 0 Å². The lowest BCUT2D eigenvalue weighted by molar-refractivity contribution is -0.139. The van der Waals surface area contributed by atoms with Crippen LogP contribution in [0.4, 0.5) is 13.6 Å². The van der Waals surface area contributed by atoms with E-state index in [1.165, 1.54) is 0 Å². The fraction of sp³-hybridized carbons (Fsp3) is 0.778. The van der Waals surface area contributed by atoms with Crippen molar-refractivity contribution in [2.24, 2.45) is 0 Å². The van der Waals surface area contributed by atoms with Gasteiger partial charge in [-0.05, 0) is 13.1 Å². The quantitative estimate of drug-likeness (QED) is 0.749. The number of carbonyl (C=O) groups excluding carboxylic acids is 2. The molecular weight excluding hydrogens is 222 g/mol. The molecule has 2 rings (SSSR count). The summed E-state index contributed by atoms with van der Waals surface area (Å²) in [6, 6.07) is 0. The van der Waals surface area contributed by atoms with E-state index < -0.39 is 30.6 Å². The molecule has 0 radical (unpaired) electrons. The van der Waals surface area contributed by atoms with Gasteiger partial charge < -0.3 is 10.1 Å². The summed E-state index contributed by atoms with van der Waals surface area (Å²) in [5.41, 5.74) is -1.20. The van der Waals surface area contributed by atoms with Crippen molar-refractivity contribution < 1.29 is 23.1 Å². The number of nitrogens with one attached hydrogen (secondary N) is 1. The molecule has 2 fully saturated rings. The number of piperidine rings is 1. The maximum Gasteiger partial charge on any atom is 0.417 e. The highest BCUT2D eigenvalue weighted by molar-refractivity contribution is 6.03. The number of rotatable bonds is 2. The molecule has 2 aliphatic heterocycles. The Morgan fingerprint density at radius 3 is 2.56 bits per heavy atom. The van der Waals surface area contributed by atoms with Gasteiger partial charge in [-0.1, -0.05) is 0 Å². The van der Waals surface area contributed by atoms with Crippen LogP contribution in [-0.4, -0.2) is 48.6 Å². The SMILES string of the molecule is O=C1OC2(CCNCC2)C(=O)N1CC(F)F. The highest BCUT2D eigenvalue weighted by Gasteiger charge is 2.54. The molecule has 0 unspecified atom stereocenters. The third kappa shape index (κ3) is 1.75. The molecule has 2 heterocycles. The lowest BCUT2D eigenvalue weighted by atomic mass is 9.91. The highest BCUT2D eigenvalue weighted by Crippen LogP contribution is 2.32. The minimum atomic E-state index is -2.73. The van der Waals surface area contributed by atoms with Gasteiger partial charge in [0.15, 0.2) is 5.60 Å². The van der Waals surface area contributed by atoms with Gasteiger partial charge in [0.05, 0.1) is 6.54 Å². The topological polar surface area (TPSA) is 58.6 Å². The lowest BCUT2D eigenvalue weighted by Gasteiger charge is -2.29. The summed E-state index contributed by atoms with van der Waals surface area (Å²) in [7, 11) is 0. The van der Waals surface area contributed by atoms with Gasteiger partial charge in [-0.25, -0.2) is 18.5 Å². The number of ether oxygens (including phenoxy) is 1. The molecule has 1 spiro atoms. The molecule has 90 valence electrons. The number of hydrogen-bond acceptors (Lipinski definition) is 4. The molecule has 0 atom stereocenters. The van der Waals surface area contributed by atoms with Crippen LogP contribution in [0, 0.1) is 0 Å². The molecule has 7 heteroatoms. The monoisotopic (exact) mass is 234 g/mol. The fourth-order valence-corrected chi connectivity index (χ4v) is 2.04. The molecule has 0 bridgehead atoms. The van der Waals surface area contributed by atoms with Crippen molar-refractivity contribution in [2.75, 3.05) is 19.6 Å². The second-order valence-corrected chi connectivity index (χ2v) is 3.92. The summed E-state index contributed by atoms with van der Waals surface area (Å²) in [5.74, 6) is -0.626. The molecule has 0 aromatic carbocycles. The van der Waals surface area contributed by atoms with Gasteiger partial charge in [-0.2, -0.15) is 0 Å². The van der Waals surface area contributed by atoms with Gasteiger partial charge >= 0.3 is 6.09 Å². The standard InChI is InChI=1S/C9H12F2N2O3/c10-6(11)5-13-7(14)9(16-8(13)15)1-3-12-4-2-9/h6,12H,1-5H2. The average molecular weight is 234 g/mol. The van der Waals surface area contributed by atoms with Crippen LogP contribution in [0.5, 0.6) is 0 Å². The first-order chi connectivity index (χ1) is 7.55. The summed E-state index contributed by atoms with van der Waals surface area (Å²) in [6.07, 6.45) is -2.99. The molecule has 16 heavy (non-hydrogen) atoms. The van der Waals surface area contributed by atoms with Crippen molar-refractivity contribution in [3.63, 3.8) is 0 Å². The van der Waals surface area contributed by atoms with E-state index in [9.17, 15) is 18.4 Å². The van der Waals surface area contributed by atoms with Crippen LogP contribution < -0.4 is 5.32 Å².